The fourth-order valence-electron chi connectivity index (χ4n) is 1.80. The Balaban J connectivity index is 2.00. The van der Waals surface area contributed by atoms with E-state index >= 15 is 0 Å². The molecule has 0 saturated carbocycles. The highest BCUT2D eigenvalue weighted by atomic mass is 16.2. The fourth-order valence-corrected chi connectivity index (χ4v) is 1.80. The summed E-state index contributed by atoms with van der Waals surface area (Å²) < 4.78 is 1.68. The highest BCUT2D eigenvalue weighted by Gasteiger charge is 2.17. The van der Waals surface area contributed by atoms with E-state index in [0.717, 1.165) is 12.1 Å². The van der Waals surface area contributed by atoms with E-state index in [0.29, 0.717) is 13.1 Å². The molecular weight excluding hydrogens is 232 g/mol. The second kappa shape index (κ2) is 5.48. The third-order valence-electron chi connectivity index (χ3n) is 2.83. The Kier molecular flexibility index (Phi) is 3.76. The smallest absolute Gasteiger partial charge is 0.247 e. The number of aromatic nitrogens is 2. The predicted molar refractivity (Wildman–Crippen MR) is 66.4 cm³/mol. The average molecular weight is 248 g/mol. The topological polar surface area (TPSA) is 67.2 Å². The van der Waals surface area contributed by atoms with Crippen molar-refractivity contribution in [3.63, 3.8) is 0 Å². The van der Waals surface area contributed by atoms with Gasteiger partial charge in [-0.1, -0.05) is 0 Å². The van der Waals surface area contributed by atoms with Crippen LogP contribution in [-0.4, -0.2) is 46.1 Å². The van der Waals surface area contributed by atoms with Crippen molar-refractivity contribution < 1.29 is 9.59 Å². The van der Waals surface area contributed by atoms with Gasteiger partial charge in [0.15, 0.2) is 0 Å². The molecule has 1 fully saturated rings. The van der Waals surface area contributed by atoms with E-state index in [1.807, 2.05) is 13.1 Å². The van der Waals surface area contributed by atoms with Gasteiger partial charge in [-0.25, -0.2) is 0 Å². The third kappa shape index (κ3) is 2.97. The van der Waals surface area contributed by atoms with E-state index in [-0.39, 0.29) is 18.4 Å². The van der Waals surface area contributed by atoms with Crippen LogP contribution in [0.2, 0.25) is 0 Å². The first-order valence-electron chi connectivity index (χ1n) is 5.88. The lowest BCUT2D eigenvalue weighted by molar-refractivity contribution is -0.131. The molecule has 2 rings (SSSR count). The molecule has 18 heavy (non-hydrogen) atoms. The van der Waals surface area contributed by atoms with Gasteiger partial charge in [-0.2, -0.15) is 5.10 Å². The SMILES string of the molecule is Cn1nccc1C=CC(=O)N1CCCNC(=O)C1. The maximum Gasteiger partial charge on any atom is 0.247 e. The standard InChI is InChI=1S/C12H16N4O2/c1-15-10(5-7-14-15)3-4-12(18)16-8-2-6-13-11(17)9-16/h3-5,7H,2,6,8-9H2,1H3,(H,13,17). The van der Waals surface area contributed by atoms with Crippen molar-refractivity contribution in [1.29, 1.82) is 0 Å². The Morgan fingerprint density at radius 1 is 1.56 bits per heavy atom. The molecule has 0 spiro atoms. The summed E-state index contributed by atoms with van der Waals surface area (Å²) in [6.07, 6.45) is 5.65. The molecule has 0 radical (unpaired) electrons. The minimum Gasteiger partial charge on any atom is -0.354 e. The third-order valence-corrected chi connectivity index (χ3v) is 2.83. The second-order valence-electron chi connectivity index (χ2n) is 4.18. The summed E-state index contributed by atoms with van der Waals surface area (Å²) in [7, 11) is 1.81. The molecule has 6 heteroatoms. The summed E-state index contributed by atoms with van der Waals surface area (Å²) in [5, 5.41) is 6.75. The van der Waals surface area contributed by atoms with Crippen LogP contribution in [0, 0.1) is 0 Å². The van der Waals surface area contributed by atoms with Gasteiger partial charge in [-0.3, -0.25) is 14.3 Å². The normalized spacial score (nSPS) is 16.7. The molecule has 2 heterocycles. The maximum atomic E-state index is 11.9. The number of amides is 2. The fraction of sp³-hybridized carbons (Fsp3) is 0.417. The Morgan fingerprint density at radius 3 is 3.11 bits per heavy atom. The monoisotopic (exact) mass is 248 g/mol. The zero-order chi connectivity index (χ0) is 13.0. The molecule has 1 aliphatic rings. The second-order valence-corrected chi connectivity index (χ2v) is 4.18. The Hall–Kier alpha value is -2.11. The van der Waals surface area contributed by atoms with Crippen molar-refractivity contribution in [2.24, 2.45) is 7.05 Å². The zero-order valence-corrected chi connectivity index (χ0v) is 10.3. The number of hydrogen-bond acceptors (Lipinski definition) is 3. The van der Waals surface area contributed by atoms with Crippen LogP contribution in [0.25, 0.3) is 6.08 Å². The number of nitrogens with zero attached hydrogens (tertiary/aromatic N) is 3. The summed E-state index contributed by atoms with van der Waals surface area (Å²) in [6.45, 7) is 1.37. The number of rotatable bonds is 2. The van der Waals surface area contributed by atoms with Crippen molar-refractivity contribution in [2.45, 2.75) is 6.42 Å². The lowest BCUT2D eigenvalue weighted by Crippen LogP contribution is -2.36. The van der Waals surface area contributed by atoms with E-state index in [1.165, 1.54) is 6.08 Å². The van der Waals surface area contributed by atoms with E-state index in [2.05, 4.69) is 10.4 Å². The molecule has 1 aromatic rings. The van der Waals surface area contributed by atoms with Crippen LogP contribution in [0.3, 0.4) is 0 Å². The van der Waals surface area contributed by atoms with E-state index in [9.17, 15) is 9.59 Å². The first-order valence-corrected chi connectivity index (χ1v) is 5.88. The van der Waals surface area contributed by atoms with Gasteiger partial charge in [0.25, 0.3) is 0 Å². The molecule has 0 unspecified atom stereocenters. The molecule has 1 aliphatic heterocycles. The highest BCUT2D eigenvalue weighted by Crippen LogP contribution is 2.02. The molecule has 0 bridgehead atoms. The van der Waals surface area contributed by atoms with Crippen LogP contribution in [0.15, 0.2) is 18.3 Å². The minimum absolute atomic E-state index is 0.102. The van der Waals surface area contributed by atoms with Gasteiger partial charge in [0, 0.05) is 32.4 Å². The predicted octanol–water partition coefficient (Wildman–Crippen LogP) is -0.218. The van der Waals surface area contributed by atoms with Crippen molar-refractivity contribution in [1.82, 2.24) is 20.0 Å². The van der Waals surface area contributed by atoms with E-state index < -0.39 is 0 Å². The van der Waals surface area contributed by atoms with Crippen molar-refractivity contribution in [3.8, 4) is 0 Å². The van der Waals surface area contributed by atoms with Crippen molar-refractivity contribution in [2.75, 3.05) is 19.6 Å². The molecule has 96 valence electrons. The van der Waals surface area contributed by atoms with Gasteiger partial charge in [0.1, 0.15) is 0 Å². The molecule has 0 atom stereocenters. The Morgan fingerprint density at radius 2 is 2.39 bits per heavy atom. The molecule has 0 aliphatic carbocycles. The van der Waals surface area contributed by atoms with E-state index in [4.69, 9.17) is 0 Å². The summed E-state index contributed by atoms with van der Waals surface area (Å²) in [4.78, 5) is 24.8. The summed E-state index contributed by atoms with van der Waals surface area (Å²) in [5.41, 5.74) is 0.850. The van der Waals surface area contributed by atoms with Crippen LogP contribution in [0.1, 0.15) is 12.1 Å². The number of carbonyl (C=O) groups excluding carboxylic acids is 2. The lowest BCUT2D eigenvalue weighted by Gasteiger charge is -2.16. The number of hydrogen-bond donors (Lipinski definition) is 1. The first-order chi connectivity index (χ1) is 8.66. The minimum atomic E-state index is -0.145. The molecule has 1 aromatic heterocycles. The van der Waals surface area contributed by atoms with Crippen LogP contribution in [-0.2, 0) is 16.6 Å². The molecule has 6 nitrogen and oxygen atoms in total. The highest BCUT2D eigenvalue weighted by molar-refractivity contribution is 5.94. The lowest BCUT2D eigenvalue weighted by atomic mass is 10.3. The number of aryl methyl sites for hydroxylation is 1. The molecule has 1 N–H and O–H groups in total. The van der Waals surface area contributed by atoms with Gasteiger partial charge in [0.05, 0.1) is 12.2 Å². The van der Waals surface area contributed by atoms with Crippen molar-refractivity contribution in [3.05, 3.63) is 24.0 Å². The molecule has 2 amide bonds. The molecule has 0 aromatic carbocycles. The molecular formula is C12H16N4O2. The average Bonchev–Trinajstić information content (AvgIpc) is 2.62. The Bertz CT molecular complexity index is 478. The van der Waals surface area contributed by atoms with Crippen LogP contribution < -0.4 is 5.32 Å². The largest absolute Gasteiger partial charge is 0.354 e. The Labute approximate surface area is 105 Å². The van der Waals surface area contributed by atoms with Crippen LogP contribution >= 0.6 is 0 Å². The van der Waals surface area contributed by atoms with E-state index in [1.54, 1.807) is 21.9 Å². The quantitative estimate of drug-likeness (QED) is 0.736. The van der Waals surface area contributed by atoms with Gasteiger partial charge < -0.3 is 10.2 Å². The van der Waals surface area contributed by atoms with Crippen LogP contribution in [0.5, 0.6) is 0 Å². The summed E-state index contributed by atoms with van der Waals surface area (Å²) >= 11 is 0. The van der Waals surface area contributed by atoms with Crippen LogP contribution in [0.4, 0.5) is 0 Å². The van der Waals surface area contributed by atoms with Gasteiger partial charge in [-0.15, -0.1) is 0 Å². The number of nitrogens with one attached hydrogen (secondary N) is 1. The molecule has 1 saturated heterocycles. The first kappa shape index (κ1) is 12.3. The van der Waals surface area contributed by atoms with Gasteiger partial charge in [0.2, 0.25) is 11.8 Å². The maximum absolute atomic E-state index is 11.9. The summed E-state index contributed by atoms with van der Waals surface area (Å²) in [6, 6.07) is 1.82. The number of carbonyl (C=O) groups is 2. The van der Waals surface area contributed by atoms with Crippen molar-refractivity contribution >= 4 is 17.9 Å². The zero-order valence-electron chi connectivity index (χ0n) is 10.3. The summed E-state index contributed by atoms with van der Waals surface area (Å²) in [5.74, 6) is -0.247. The van der Waals surface area contributed by atoms with Gasteiger partial charge >= 0.3 is 0 Å². The van der Waals surface area contributed by atoms with Gasteiger partial charge in [-0.05, 0) is 18.6 Å².